The number of anilines is 1. The highest BCUT2D eigenvalue weighted by Crippen LogP contribution is 2.46. The average molecular weight is 437 g/mol. The summed E-state index contributed by atoms with van der Waals surface area (Å²) in [6.07, 6.45) is 0.711. The maximum Gasteiger partial charge on any atom is 0.407 e. The zero-order chi connectivity index (χ0) is 21.7. The van der Waals surface area contributed by atoms with E-state index in [1.54, 1.807) is 36.5 Å². The van der Waals surface area contributed by atoms with Gasteiger partial charge in [0, 0.05) is 58.7 Å². The van der Waals surface area contributed by atoms with E-state index in [0.717, 1.165) is 0 Å². The molecule has 1 aromatic carbocycles. The lowest BCUT2D eigenvalue weighted by molar-refractivity contribution is 0.150. The molecular weight excluding hydrogens is 420 g/mol. The smallest absolute Gasteiger partial charge is 0.407 e. The van der Waals surface area contributed by atoms with Crippen LogP contribution in [0.1, 0.15) is 0 Å². The number of rotatable bonds is 4. The van der Waals surface area contributed by atoms with Gasteiger partial charge in [0.25, 0.3) is 5.56 Å². The fraction of sp³-hybridized carbons (Fsp3) is 0.286. The van der Waals surface area contributed by atoms with Crippen LogP contribution < -0.4 is 10.9 Å². The summed E-state index contributed by atoms with van der Waals surface area (Å²) in [6.45, 7) is 0.823. The summed E-state index contributed by atoms with van der Waals surface area (Å²) in [7, 11) is 0. The predicted molar refractivity (Wildman–Crippen MR) is 114 cm³/mol. The number of pyridine rings is 1. The lowest BCUT2D eigenvalue weighted by Crippen LogP contribution is -2.32. The second-order valence-corrected chi connectivity index (χ2v) is 8.15. The van der Waals surface area contributed by atoms with E-state index in [4.69, 9.17) is 16.7 Å². The number of aromatic nitrogens is 3. The third-order valence-corrected chi connectivity index (χ3v) is 6.31. The van der Waals surface area contributed by atoms with Crippen LogP contribution in [0.25, 0.3) is 22.2 Å². The van der Waals surface area contributed by atoms with Crippen LogP contribution in [-0.4, -0.2) is 49.8 Å². The van der Waals surface area contributed by atoms with Crippen molar-refractivity contribution in [1.82, 2.24) is 19.4 Å². The Morgan fingerprint density at radius 2 is 2.03 bits per heavy atom. The van der Waals surface area contributed by atoms with E-state index in [9.17, 15) is 14.9 Å². The lowest BCUT2D eigenvalue weighted by atomic mass is 10.1. The maximum absolute atomic E-state index is 13.1. The largest absolute Gasteiger partial charge is 0.465 e. The van der Waals surface area contributed by atoms with Gasteiger partial charge in [0.2, 0.25) is 5.95 Å². The molecule has 2 N–H and O–H groups in total. The van der Waals surface area contributed by atoms with Crippen molar-refractivity contribution in [2.45, 2.75) is 12.6 Å². The maximum atomic E-state index is 13.1. The van der Waals surface area contributed by atoms with Gasteiger partial charge < -0.3 is 15.3 Å². The zero-order valence-electron chi connectivity index (χ0n) is 16.2. The van der Waals surface area contributed by atoms with Gasteiger partial charge in [-0.2, -0.15) is 10.2 Å². The molecule has 31 heavy (non-hydrogen) atoms. The van der Waals surface area contributed by atoms with Crippen molar-refractivity contribution in [3.05, 3.63) is 51.9 Å². The Balaban J connectivity index is 1.50. The van der Waals surface area contributed by atoms with Crippen LogP contribution in [0.4, 0.5) is 10.7 Å². The van der Waals surface area contributed by atoms with E-state index < -0.39 is 6.09 Å². The molecule has 2 atom stereocenters. The molecule has 0 bridgehead atoms. The Hall–Kier alpha value is -3.64. The number of nitriles is 1. The van der Waals surface area contributed by atoms with Gasteiger partial charge in [-0.1, -0.05) is 29.8 Å². The molecule has 1 amide bonds. The van der Waals surface area contributed by atoms with Crippen LogP contribution in [0.3, 0.4) is 0 Å². The molecule has 2 aromatic heterocycles. The number of amides is 1. The van der Waals surface area contributed by atoms with E-state index in [1.807, 2.05) is 6.07 Å². The number of fused-ring (bicyclic) bond motifs is 2. The lowest BCUT2D eigenvalue weighted by Gasteiger charge is -2.16. The predicted octanol–water partition coefficient (Wildman–Crippen LogP) is 2.66. The van der Waals surface area contributed by atoms with Gasteiger partial charge in [-0.15, -0.1) is 0 Å². The number of hydrogen-bond acceptors (Lipinski definition) is 6. The number of carbonyl (C=O) groups is 1. The molecule has 0 radical (unpaired) electrons. The zero-order valence-corrected chi connectivity index (χ0v) is 17.0. The molecule has 3 heterocycles. The molecule has 1 aliphatic carbocycles. The molecule has 9 nitrogen and oxygen atoms in total. The first-order valence-corrected chi connectivity index (χ1v) is 10.1. The number of halogens is 1. The number of carboxylic acid groups (broad SMARTS) is 1. The quantitative estimate of drug-likeness (QED) is 0.644. The van der Waals surface area contributed by atoms with Gasteiger partial charge in [0.05, 0.1) is 6.07 Å². The number of likely N-dealkylation sites (tertiary alicyclic amines) is 1. The molecule has 1 aliphatic heterocycles. The molecule has 156 valence electrons. The van der Waals surface area contributed by atoms with E-state index in [0.29, 0.717) is 46.2 Å². The summed E-state index contributed by atoms with van der Waals surface area (Å²) in [6, 6.07) is 10.8. The molecule has 2 unspecified atom stereocenters. The second kappa shape index (κ2) is 7.25. The van der Waals surface area contributed by atoms with Crippen LogP contribution in [0.2, 0.25) is 5.02 Å². The van der Waals surface area contributed by atoms with Crippen molar-refractivity contribution in [3.63, 3.8) is 0 Å². The third kappa shape index (κ3) is 3.25. The topological polar surface area (TPSA) is 124 Å². The number of benzene rings is 1. The summed E-state index contributed by atoms with van der Waals surface area (Å²) in [5.41, 5.74) is 0.965. The molecule has 5 rings (SSSR count). The SMILES string of the molecule is N#CCn1c(=O)c(-c2ccccc2Cl)cc2cnc(NC3C4CN(C(=O)O)CC43)nc21. The van der Waals surface area contributed by atoms with Crippen molar-refractivity contribution in [2.75, 3.05) is 18.4 Å². The van der Waals surface area contributed by atoms with Crippen LogP contribution in [-0.2, 0) is 6.54 Å². The van der Waals surface area contributed by atoms with Gasteiger partial charge in [0.15, 0.2) is 0 Å². The molecule has 2 fully saturated rings. The van der Waals surface area contributed by atoms with E-state index >= 15 is 0 Å². The summed E-state index contributed by atoms with van der Waals surface area (Å²) in [5, 5.41) is 22.7. The summed E-state index contributed by atoms with van der Waals surface area (Å²) in [4.78, 5) is 34.5. The highest BCUT2D eigenvalue weighted by Gasteiger charge is 2.57. The normalized spacial score (nSPS) is 21.5. The Morgan fingerprint density at radius 3 is 2.71 bits per heavy atom. The highest BCUT2D eigenvalue weighted by atomic mass is 35.5. The van der Waals surface area contributed by atoms with Gasteiger partial charge in [-0.3, -0.25) is 9.36 Å². The summed E-state index contributed by atoms with van der Waals surface area (Å²) >= 11 is 6.28. The van der Waals surface area contributed by atoms with Crippen molar-refractivity contribution < 1.29 is 9.90 Å². The summed E-state index contributed by atoms with van der Waals surface area (Å²) < 4.78 is 1.32. The minimum atomic E-state index is -0.900. The summed E-state index contributed by atoms with van der Waals surface area (Å²) in [5.74, 6) is 0.823. The Labute approximate surface area is 181 Å². The molecule has 10 heteroatoms. The number of nitrogens with one attached hydrogen (secondary N) is 1. The van der Waals surface area contributed by atoms with E-state index in [-0.39, 0.29) is 30.0 Å². The van der Waals surface area contributed by atoms with E-state index in [1.165, 1.54) is 9.47 Å². The van der Waals surface area contributed by atoms with Gasteiger partial charge in [0.1, 0.15) is 12.2 Å². The van der Waals surface area contributed by atoms with Crippen molar-refractivity contribution in [1.29, 1.82) is 5.26 Å². The number of hydrogen-bond donors (Lipinski definition) is 2. The highest BCUT2D eigenvalue weighted by molar-refractivity contribution is 6.33. The Morgan fingerprint density at radius 1 is 1.29 bits per heavy atom. The number of nitrogens with zero attached hydrogens (tertiary/aromatic N) is 5. The fourth-order valence-corrected chi connectivity index (χ4v) is 4.60. The van der Waals surface area contributed by atoms with Crippen LogP contribution >= 0.6 is 11.6 Å². The Bertz CT molecular complexity index is 1300. The van der Waals surface area contributed by atoms with Crippen molar-refractivity contribution in [3.8, 4) is 17.2 Å². The minimum Gasteiger partial charge on any atom is -0.465 e. The second-order valence-electron chi connectivity index (χ2n) is 7.75. The van der Waals surface area contributed by atoms with Crippen LogP contribution in [0.5, 0.6) is 0 Å². The van der Waals surface area contributed by atoms with Gasteiger partial charge in [-0.05, 0) is 12.1 Å². The first kappa shape index (κ1) is 19.3. The molecule has 2 aliphatic rings. The Kier molecular flexibility index (Phi) is 4.52. The molecular formula is C21H17ClN6O3. The monoisotopic (exact) mass is 436 g/mol. The van der Waals surface area contributed by atoms with Crippen molar-refractivity contribution >= 4 is 34.7 Å². The first-order chi connectivity index (χ1) is 15.0. The van der Waals surface area contributed by atoms with Crippen LogP contribution in [0.15, 0.2) is 41.3 Å². The third-order valence-electron chi connectivity index (χ3n) is 5.98. The fourth-order valence-electron chi connectivity index (χ4n) is 4.36. The minimum absolute atomic E-state index is 0.103. The first-order valence-electron chi connectivity index (χ1n) is 9.75. The average Bonchev–Trinajstić information content (AvgIpc) is 3.18. The van der Waals surface area contributed by atoms with Crippen LogP contribution in [0, 0.1) is 23.2 Å². The molecule has 3 aromatic rings. The van der Waals surface area contributed by atoms with E-state index in [2.05, 4.69) is 15.3 Å². The number of piperidine rings is 1. The van der Waals surface area contributed by atoms with Gasteiger partial charge >= 0.3 is 6.09 Å². The van der Waals surface area contributed by atoms with Gasteiger partial charge in [-0.25, -0.2) is 9.78 Å². The molecule has 1 saturated heterocycles. The van der Waals surface area contributed by atoms with Crippen molar-refractivity contribution in [2.24, 2.45) is 11.8 Å². The molecule has 0 spiro atoms. The molecule has 1 saturated carbocycles. The standard InChI is InChI=1S/C21H17ClN6O3/c22-16-4-2-1-3-12(16)13-7-11-8-24-20(26-18(11)28(6-5-23)19(13)29)25-17-14-9-27(21(30)31)10-15(14)17/h1-4,7-8,14-15,17H,6,9-10H2,(H,30,31)(H,24,25,26).